The fourth-order valence-electron chi connectivity index (χ4n) is 2.01. The van der Waals surface area contributed by atoms with Gasteiger partial charge in [0.2, 0.25) is 0 Å². The summed E-state index contributed by atoms with van der Waals surface area (Å²) >= 11 is 1.64. The van der Waals surface area contributed by atoms with E-state index in [0.29, 0.717) is 18.2 Å². The van der Waals surface area contributed by atoms with Crippen molar-refractivity contribution in [1.82, 2.24) is 10.3 Å². The maximum Gasteiger partial charge on any atom is 0.185 e. The Morgan fingerprint density at radius 3 is 2.85 bits per heavy atom. The molecule has 0 bridgehead atoms. The average Bonchev–Trinajstić information content (AvgIpc) is 2.91. The van der Waals surface area contributed by atoms with Crippen molar-refractivity contribution in [1.29, 1.82) is 0 Å². The smallest absolute Gasteiger partial charge is 0.185 e. The number of rotatable bonds is 6. The highest BCUT2D eigenvalue weighted by Gasteiger charge is 2.12. The van der Waals surface area contributed by atoms with E-state index in [-0.39, 0.29) is 5.82 Å². The normalized spacial score (nSPS) is 12.4. The van der Waals surface area contributed by atoms with Gasteiger partial charge in [-0.05, 0) is 19.5 Å². The van der Waals surface area contributed by atoms with Gasteiger partial charge >= 0.3 is 0 Å². The number of hydrogen-bond acceptors (Lipinski definition) is 4. The number of benzene rings is 1. The third-order valence-electron chi connectivity index (χ3n) is 3.14. The van der Waals surface area contributed by atoms with Gasteiger partial charge in [-0.3, -0.25) is 0 Å². The molecule has 0 saturated carbocycles. The maximum atomic E-state index is 13.6. The van der Waals surface area contributed by atoms with Crippen molar-refractivity contribution in [2.24, 2.45) is 0 Å². The van der Waals surface area contributed by atoms with E-state index >= 15 is 0 Å². The molecule has 0 aliphatic heterocycles. The molecule has 0 saturated heterocycles. The lowest BCUT2D eigenvalue weighted by Crippen LogP contribution is -2.17. The molecule has 0 aliphatic rings. The van der Waals surface area contributed by atoms with E-state index in [1.165, 1.54) is 10.9 Å². The number of thiazole rings is 1. The van der Waals surface area contributed by atoms with Gasteiger partial charge in [-0.15, -0.1) is 11.3 Å². The largest absolute Gasteiger partial charge is 0.347 e. The van der Waals surface area contributed by atoms with Crippen LogP contribution in [0.4, 0.5) is 9.52 Å². The Bertz CT molecular complexity index is 556. The number of halogens is 1. The summed E-state index contributed by atoms with van der Waals surface area (Å²) in [5.41, 5.74) is 0.687. The van der Waals surface area contributed by atoms with Crippen LogP contribution >= 0.6 is 11.3 Å². The van der Waals surface area contributed by atoms with Gasteiger partial charge < -0.3 is 10.2 Å². The number of anilines is 1. The molecule has 1 N–H and O–H groups in total. The Labute approximate surface area is 123 Å². The molecule has 108 valence electrons. The van der Waals surface area contributed by atoms with Gasteiger partial charge in [0.15, 0.2) is 5.13 Å². The van der Waals surface area contributed by atoms with Crippen LogP contribution in [0.15, 0.2) is 30.5 Å². The van der Waals surface area contributed by atoms with E-state index in [9.17, 15) is 4.39 Å². The minimum absolute atomic E-state index is 0.169. The molecule has 1 atom stereocenters. The van der Waals surface area contributed by atoms with Gasteiger partial charge in [0.1, 0.15) is 5.82 Å². The lowest BCUT2D eigenvalue weighted by atomic mass is 10.2. The summed E-state index contributed by atoms with van der Waals surface area (Å²) in [5.74, 6) is -0.169. The van der Waals surface area contributed by atoms with Crippen LogP contribution < -0.4 is 10.2 Å². The lowest BCUT2D eigenvalue weighted by molar-refractivity contribution is 0.606. The van der Waals surface area contributed by atoms with Gasteiger partial charge in [-0.1, -0.05) is 25.1 Å². The third-order valence-corrected chi connectivity index (χ3v) is 4.43. The molecule has 0 amide bonds. The third kappa shape index (κ3) is 3.55. The molecule has 1 unspecified atom stereocenters. The zero-order chi connectivity index (χ0) is 14.5. The SMILES string of the molecule is CCNC(C)c1cnc(N(C)Cc2ccccc2F)s1. The van der Waals surface area contributed by atoms with Crippen molar-refractivity contribution in [3.63, 3.8) is 0 Å². The van der Waals surface area contributed by atoms with Gasteiger partial charge in [0.25, 0.3) is 0 Å². The minimum Gasteiger partial charge on any atom is -0.347 e. The molecular formula is C15H20FN3S. The highest BCUT2D eigenvalue weighted by Crippen LogP contribution is 2.27. The molecule has 0 radical (unpaired) electrons. The molecule has 0 fully saturated rings. The first kappa shape index (κ1) is 14.9. The van der Waals surface area contributed by atoms with Crippen LogP contribution in [0.2, 0.25) is 0 Å². The van der Waals surface area contributed by atoms with E-state index < -0.39 is 0 Å². The van der Waals surface area contributed by atoms with Crippen molar-refractivity contribution in [3.05, 3.63) is 46.7 Å². The number of aromatic nitrogens is 1. The Morgan fingerprint density at radius 2 is 2.15 bits per heavy atom. The zero-order valence-electron chi connectivity index (χ0n) is 12.1. The summed E-state index contributed by atoms with van der Waals surface area (Å²) in [5, 5.41) is 4.27. The molecule has 5 heteroatoms. The van der Waals surface area contributed by atoms with Crippen LogP contribution in [0.3, 0.4) is 0 Å². The van der Waals surface area contributed by atoms with E-state index in [1.807, 2.05) is 30.3 Å². The Hall–Kier alpha value is -1.46. The molecule has 1 heterocycles. The zero-order valence-corrected chi connectivity index (χ0v) is 12.9. The van der Waals surface area contributed by atoms with E-state index in [1.54, 1.807) is 17.4 Å². The monoisotopic (exact) mass is 293 g/mol. The van der Waals surface area contributed by atoms with Gasteiger partial charge in [0.05, 0.1) is 0 Å². The second-order valence-electron chi connectivity index (χ2n) is 4.77. The number of nitrogens with zero attached hydrogens (tertiary/aromatic N) is 2. The molecule has 20 heavy (non-hydrogen) atoms. The summed E-state index contributed by atoms with van der Waals surface area (Å²) in [7, 11) is 1.94. The van der Waals surface area contributed by atoms with Crippen molar-refractivity contribution >= 4 is 16.5 Å². The van der Waals surface area contributed by atoms with Crippen LogP contribution in [-0.4, -0.2) is 18.6 Å². The summed E-state index contributed by atoms with van der Waals surface area (Å²) in [4.78, 5) is 7.60. The van der Waals surface area contributed by atoms with Crippen molar-refractivity contribution < 1.29 is 4.39 Å². The molecular weight excluding hydrogens is 273 g/mol. The van der Waals surface area contributed by atoms with Gasteiger partial charge in [-0.25, -0.2) is 9.37 Å². The summed E-state index contributed by atoms with van der Waals surface area (Å²) in [6.45, 7) is 5.66. The van der Waals surface area contributed by atoms with Crippen LogP contribution in [-0.2, 0) is 6.54 Å². The van der Waals surface area contributed by atoms with Gasteiger partial charge in [-0.2, -0.15) is 0 Å². The first-order valence-corrected chi connectivity index (χ1v) is 7.57. The second-order valence-corrected chi connectivity index (χ2v) is 5.81. The first-order valence-electron chi connectivity index (χ1n) is 6.75. The van der Waals surface area contributed by atoms with E-state index in [2.05, 4.69) is 24.1 Å². The minimum atomic E-state index is -0.169. The molecule has 0 spiro atoms. The number of nitrogens with one attached hydrogen (secondary N) is 1. The van der Waals surface area contributed by atoms with Gasteiger partial charge in [0, 0.05) is 36.3 Å². The summed E-state index contributed by atoms with van der Waals surface area (Å²) < 4.78 is 13.6. The number of hydrogen-bond donors (Lipinski definition) is 1. The quantitative estimate of drug-likeness (QED) is 0.882. The summed E-state index contributed by atoms with van der Waals surface area (Å²) in [6.07, 6.45) is 1.89. The van der Waals surface area contributed by atoms with Crippen LogP contribution in [0.1, 0.15) is 30.3 Å². The van der Waals surface area contributed by atoms with Crippen LogP contribution in [0.5, 0.6) is 0 Å². The fourth-order valence-corrected chi connectivity index (χ4v) is 2.91. The molecule has 3 nitrogen and oxygen atoms in total. The second kappa shape index (κ2) is 6.81. The summed E-state index contributed by atoms with van der Waals surface area (Å²) in [6, 6.07) is 7.16. The van der Waals surface area contributed by atoms with E-state index in [4.69, 9.17) is 0 Å². The van der Waals surface area contributed by atoms with Crippen LogP contribution in [0.25, 0.3) is 0 Å². The Balaban J connectivity index is 2.06. The first-order chi connectivity index (χ1) is 9.61. The topological polar surface area (TPSA) is 28.2 Å². The van der Waals surface area contributed by atoms with Crippen molar-refractivity contribution in [3.8, 4) is 0 Å². The highest BCUT2D eigenvalue weighted by molar-refractivity contribution is 7.15. The standard InChI is InChI=1S/C15H20FN3S/c1-4-17-11(2)14-9-18-15(20-14)19(3)10-12-7-5-6-8-13(12)16/h5-9,11,17H,4,10H2,1-3H3. The van der Waals surface area contributed by atoms with Crippen molar-refractivity contribution in [2.75, 3.05) is 18.5 Å². The predicted molar refractivity (Wildman–Crippen MR) is 82.7 cm³/mol. The lowest BCUT2D eigenvalue weighted by Gasteiger charge is -2.16. The maximum absolute atomic E-state index is 13.6. The predicted octanol–water partition coefficient (Wildman–Crippen LogP) is 3.59. The average molecular weight is 293 g/mol. The fraction of sp³-hybridized carbons (Fsp3) is 0.400. The molecule has 2 aromatic rings. The van der Waals surface area contributed by atoms with Crippen molar-refractivity contribution in [2.45, 2.75) is 26.4 Å². The molecule has 1 aromatic carbocycles. The van der Waals surface area contributed by atoms with Crippen LogP contribution in [0, 0.1) is 5.82 Å². The highest BCUT2D eigenvalue weighted by atomic mass is 32.1. The molecule has 2 rings (SSSR count). The Kier molecular flexibility index (Phi) is 5.09. The molecule has 1 aromatic heterocycles. The molecule has 0 aliphatic carbocycles. The van der Waals surface area contributed by atoms with E-state index in [0.717, 1.165) is 11.7 Å². The Morgan fingerprint density at radius 1 is 1.40 bits per heavy atom.